The number of allylic oxidation sites excluding steroid dienone is 2. The Hall–Kier alpha value is -2.39. The number of anilines is 1. The van der Waals surface area contributed by atoms with Gasteiger partial charge in [-0.05, 0) is 101 Å². The maximum Gasteiger partial charge on any atom is 0.411 e. The Morgan fingerprint density at radius 1 is 1.05 bits per heavy atom. The number of carboxylic acid groups (broad SMARTS) is 1. The molecule has 1 heterocycles. The average molecular weight is 575 g/mol. The number of nitrogens with zero attached hydrogens (tertiary/aromatic N) is 2. The van der Waals surface area contributed by atoms with E-state index in [0.717, 1.165) is 62.7 Å². The second-order valence-corrected chi connectivity index (χ2v) is 12.8. The van der Waals surface area contributed by atoms with Crippen molar-refractivity contribution in [2.24, 2.45) is 11.8 Å². The van der Waals surface area contributed by atoms with Crippen molar-refractivity contribution >= 4 is 40.6 Å². The van der Waals surface area contributed by atoms with Crippen LogP contribution in [0.25, 0.3) is 5.57 Å². The van der Waals surface area contributed by atoms with Crippen molar-refractivity contribution in [3.63, 3.8) is 0 Å². The maximum atomic E-state index is 14.2. The van der Waals surface area contributed by atoms with Crippen molar-refractivity contribution in [1.82, 2.24) is 4.90 Å². The van der Waals surface area contributed by atoms with E-state index in [1.165, 1.54) is 16.9 Å². The zero-order valence-corrected chi connectivity index (χ0v) is 25.2. The number of carboxylic acids is 1. The number of rotatable bonds is 10. The molecule has 3 aliphatic carbocycles. The quantitative estimate of drug-likeness (QED) is 0.294. The van der Waals surface area contributed by atoms with Gasteiger partial charge in [-0.15, -0.1) is 11.3 Å². The van der Waals surface area contributed by atoms with Crippen LogP contribution in [0.15, 0.2) is 12.1 Å². The lowest BCUT2D eigenvalue weighted by atomic mass is 9.81. The fraction of sp³-hybridized carbons (Fsp3) is 0.710. The maximum absolute atomic E-state index is 14.2. The van der Waals surface area contributed by atoms with Gasteiger partial charge in [-0.3, -0.25) is 9.69 Å². The van der Waals surface area contributed by atoms with E-state index in [-0.39, 0.29) is 41.7 Å². The summed E-state index contributed by atoms with van der Waals surface area (Å²) in [5, 5.41) is 10.2. The Balaban J connectivity index is 1.56. The van der Waals surface area contributed by atoms with Gasteiger partial charge >= 0.3 is 12.1 Å². The minimum absolute atomic E-state index is 0.0611. The fourth-order valence-corrected chi connectivity index (χ4v) is 7.46. The van der Waals surface area contributed by atoms with Crippen LogP contribution in [0, 0.1) is 11.8 Å². The van der Waals surface area contributed by atoms with Crippen LogP contribution in [0.1, 0.15) is 112 Å². The van der Waals surface area contributed by atoms with Crippen molar-refractivity contribution in [1.29, 1.82) is 0 Å². The molecule has 2 fully saturated rings. The van der Waals surface area contributed by atoms with E-state index in [1.54, 1.807) is 12.0 Å². The standard InChI is InChI=1S/C31H46N2O6S/c1-4-18-32(20-38-3)31(37)39-25-16-14-24(15-17-25)33(29(34)23-12-10-21(2)11-13-23)26-19-27(40-28(26)30(35)36)22-8-6-5-7-9-22/h8,19,21,23-25H,4-7,9-18,20H2,1-3H3,(H,35,36). The van der Waals surface area contributed by atoms with Crippen molar-refractivity contribution in [3.05, 3.63) is 21.9 Å². The molecule has 222 valence electrons. The highest BCUT2D eigenvalue weighted by molar-refractivity contribution is 7.15. The van der Waals surface area contributed by atoms with Crippen LogP contribution in [0.2, 0.25) is 0 Å². The van der Waals surface area contributed by atoms with Gasteiger partial charge in [-0.1, -0.05) is 19.9 Å². The van der Waals surface area contributed by atoms with Gasteiger partial charge in [0.25, 0.3) is 0 Å². The van der Waals surface area contributed by atoms with E-state index in [2.05, 4.69) is 13.0 Å². The molecule has 2 amide bonds. The van der Waals surface area contributed by atoms with Crippen LogP contribution < -0.4 is 4.90 Å². The molecule has 0 unspecified atom stereocenters. The van der Waals surface area contributed by atoms with E-state index in [0.29, 0.717) is 43.8 Å². The SMILES string of the molecule is CCCN(COC)C(=O)OC1CCC(N(C(=O)C2CCC(C)CC2)c2cc(C3=CCCCC3)sc2C(=O)O)CC1. The van der Waals surface area contributed by atoms with Gasteiger partial charge in [0, 0.05) is 30.5 Å². The molecule has 3 aliphatic rings. The summed E-state index contributed by atoms with van der Waals surface area (Å²) in [7, 11) is 1.56. The Bertz CT molecular complexity index is 1050. The Morgan fingerprint density at radius 2 is 1.77 bits per heavy atom. The highest BCUT2D eigenvalue weighted by Crippen LogP contribution is 2.42. The summed E-state index contributed by atoms with van der Waals surface area (Å²) in [6, 6.07) is 1.85. The number of methoxy groups -OCH3 is 1. The number of hydrogen-bond acceptors (Lipinski definition) is 6. The van der Waals surface area contributed by atoms with Gasteiger partial charge in [0.15, 0.2) is 0 Å². The van der Waals surface area contributed by atoms with Crippen molar-refractivity contribution < 1.29 is 29.0 Å². The summed E-state index contributed by atoms with van der Waals surface area (Å²) >= 11 is 1.30. The zero-order valence-electron chi connectivity index (χ0n) is 24.4. The third-order valence-electron chi connectivity index (χ3n) is 8.69. The smallest absolute Gasteiger partial charge is 0.411 e. The van der Waals surface area contributed by atoms with Gasteiger partial charge in [0.05, 0.1) is 5.69 Å². The molecule has 0 aromatic carbocycles. The second kappa shape index (κ2) is 14.5. The monoisotopic (exact) mass is 574 g/mol. The first-order valence-electron chi connectivity index (χ1n) is 15.2. The highest BCUT2D eigenvalue weighted by Gasteiger charge is 2.38. The first-order valence-corrected chi connectivity index (χ1v) is 16.0. The van der Waals surface area contributed by atoms with Gasteiger partial charge < -0.3 is 19.5 Å². The molecule has 0 aliphatic heterocycles. The van der Waals surface area contributed by atoms with Gasteiger partial charge in [-0.25, -0.2) is 9.59 Å². The van der Waals surface area contributed by atoms with Crippen molar-refractivity contribution in [2.75, 3.05) is 25.3 Å². The summed E-state index contributed by atoms with van der Waals surface area (Å²) in [5.74, 6) is -0.378. The molecule has 1 aromatic heterocycles. The van der Waals surface area contributed by atoms with E-state index >= 15 is 0 Å². The number of carbonyl (C=O) groups is 3. The van der Waals surface area contributed by atoms with Gasteiger partial charge in [0.1, 0.15) is 17.7 Å². The van der Waals surface area contributed by atoms with E-state index in [9.17, 15) is 19.5 Å². The summed E-state index contributed by atoms with van der Waals surface area (Å²) in [6.07, 6.45) is 13.0. The number of amides is 2. The summed E-state index contributed by atoms with van der Waals surface area (Å²) < 4.78 is 11.0. The van der Waals surface area contributed by atoms with Crippen LogP contribution in [-0.4, -0.2) is 60.5 Å². The lowest BCUT2D eigenvalue weighted by Crippen LogP contribution is -2.47. The molecule has 0 bridgehead atoms. The molecule has 0 saturated heterocycles. The van der Waals surface area contributed by atoms with E-state index < -0.39 is 5.97 Å². The van der Waals surface area contributed by atoms with E-state index in [1.807, 2.05) is 17.9 Å². The topological polar surface area (TPSA) is 96.4 Å². The summed E-state index contributed by atoms with van der Waals surface area (Å²) in [4.78, 5) is 44.0. The molecule has 0 radical (unpaired) electrons. The van der Waals surface area contributed by atoms with Gasteiger partial charge in [-0.2, -0.15) is 0 Å². The molecule has 1 aromatic rings. The van der Waals surface area contributed by atoms with Gasteiger partial charge in [0.2, 0.25) is 5.91 Å². The second-order valence-electron chi connectivity index (χ2n) is 11.8. The number of hydrogen-bond donors (Lipinski definition) is 1. The van der Waals surface area contributed by atoms with Crippen molar-refractivity contribution in [2.45, 2.75) is 109 Å². The third kappa shape index (κ3) is 7.46. The first kappa shape index (κ1) is 30.6. The highest BCUT2D eigenvalue weighted by atomic mass is 32.1. The van der Waals surface area contributed by atoms with Crippen molar-refractivity contribution in [3.8, 4) is 0 Å². The minimum atomic E-state index is -0.977. The summed E-state index contributed by atoms with van der Waals surface area (Å²) in [5.41, 5.74) is 1.75. The molecular formula is C31H46N2O6S. The van der Waals surface area contributed by atoms with E-state index in [4.69, 9.17) is 9.47 Å². The summed E-state index contributed by atoms with van der Waals surface area (Å²) in [6.45, 7) is 5.00. The molecule has 40 heavy (non-hydrogen) atoms. The minimum Gasteiger partial charge on any atom is -0.477 e. The Labute approximate surface area is 242 Å². The molecular weight excluding hydrogens is 528 g/mol. The van der Waals surface area contributed by atoms with Crippen LogP contribution in [0.5, 0.6) is 0 Å². The molecule has 8 nitrogen and oxygen atoms in total. The predicted octanol–water partition coefficient (Wildman–Crippen LogP) is 7.33. The Kier molecular flexibility index (Phi) is 11.1. The molecule has 0 atom stereocenters. The molecule has 9 heteroatoms. The fourth-order valence-electron chi connectivity index (χ4n) is 6.41. The largest absolute Gasteiger partial charge is 0.477 e. The Morgan fingerprint density at radius 3 is 2.38 bits per heavy atom. The third-order valence-corrected chi connectivity index (χ3v) is 9.88. The predicted molar refractivity (Wildman–Crippen MR) is 158 cm³/mol. The number of carbonyl (C=O) groups excluding carboxylic acids is 2. The van der Waals surface area contributed by atoms with Crippen LogP contribution in [-0.2, 0) is 14.3 Å². The lowest BCUT2D eigenvalue weighted by molar-refractivity contribution is -0.124. The number of aromatic carboxylic acids is 1. The normalized spacial score (nSPS) is 25.1. The zero-order chi connectivity index (χ0) is 28.6. The molecule has 4 rings (SSSR count). The number of ether oxygens (including phenoxy) is 2. The van der Waals surface area contributed by atoms with Crippen LogP contribution in [0.4, 0.5) is 10.5 Å². The molecule has 2 saturated carbocycles. The molecule has 0 spiro atoms. The lowest BCUT2D eigenvalue weighted by Gasteiger charge is -2.39. The molecule has 1 N–H and O–H groups in total. The number of thiophene rings is 1. The first-order chi connectivity index (χ1) is 19.3. The van der Waals surface area contributed by atoms with Crippen LogP contribution in [0.3, 0.4) is 0 Å². The average Bonchev–Trinajstić information content (AvgIpc) is 3.40. The van der Waals surface area contributed by atoms with Crippen LogP contribution >= 0.6 is 11.3 Å².